The first-order chi connectivity index (χ1) is 16.0. The fourth-order valence-electron chi connectivity index (χ4n) is 2.58. The first-order valence-corrected chi connectivity index (χ1v) is 10.5. The van der Waals surface area contributed by atoms with Gasteiger partial charge in [-0.3, -0.25) is 4.79 Å². The number of esters is 1. The van der Waals surface area contributed by atoms with Crippen LogP contribution in [0, 0.1) is 0 Å². The molecule has 0 bridgehead atoms. The van der Waals surface area contributed by atoms with Gasteiger partial charge in [-0.2, -0.15) is 5.10 Å². The van der Waals surface area contributed by atoms with Crippen LogP contribution >= 0.6 is 15.9 Å². The molecule has 0 radical (unpaired) electrons. The van der Waals surface area contributed by atoms with Crippen molar-refractivity contribution in [2.45, 2.75) is 6.61 Å². The Morgan fingerprint density at radius 3 is 2.58 bits per heavy atom. The lowest BCUT2D eigenvalue weighted by Crippen LogP contribution is -2.17. The van der Waals surface area contributed by atoms with Crippen LogP contribution in [0.15, 0.2) is 68.6 Å². The summed E-state index contributed by atoms with van der Waals surface area (Å²) in [5.74, 6) is 0.991. The van der Waals surface area contributed by atoms with Crippen LogP contribution in [0.4, 0.5) is 0 Å². The van der Waals surface area contributed by atoms with Gasteiger partial charge in [0.05, 0.1) is 20.4 Å². The summed E-state index contributed by atoms with van der Waals surface area (Å²) in [4.78, 5) is 23.6. The number of carbonyl (C=O) groups is 2. The van der Waals surface area contributed by atoms with Gasteiger partial charge in [-0.15, -0.1) is 0 Å². The molecule has 0 unspecified atom stereocenters. The lowest BCUT2D eigenvalue weighted by Gasteiger charge is -2.11. The number of benzene rings is 2. The molecule has 10 heteroatoms. The number of methoxy groups -OCH3 is 2. The Morgan fingerprint density at radius 1 is 1.06 bits per heavy atom. The van der Waals surface area contributed by atoms with E-state index in [1.807, 2.05) is 30.3 Å². The van der Waals surface area contributed by atoms with Crippen molar-refractivity contribution in [3.63, 3.8) is 0 Å². The predicted octanol–water partition coefficient (Wildman–Crippen LogP) is 3.95. The van der Waals surface area contributed by atoms with Crippen LogP contribution in [-0.4, -0.2) is 38.9 Å². The van der Waals surface area contributed by atoms with Crippen molar-refractivity contribution in [2.75, 3.05) is 20.8 Å². The summed E-state index contributed by atoms with van der Waals surface area (Å²) in [6.07, 6.45) is 1.43. The molecule has 33 heavy (non-hydrogen) atoms. The predicted molar refractivity (Wildman–Crippen MR) is 123 cm³/mol. The summed E-state index contributed by atoms with van der Waals surface area (Å²) in [5.41, 5.74) is 3.01. The van der Waals surface area contributed by atoms with Crippen molar-refractivity contribution in [2.24, 2.45) is 5.10 Å². The van der Waals surface area contributed by atoms with Crippen molar-refractivity contribution in [3.8, 4) is 17.2 Å². The van der Waals surface area contributed by atoms with E-state index in [0.717, 1.165) is 0 Å². The lowest BCUT2D eigenvalue weighted by atomic mass is 10.2. The van der Waals surface area contributed by atoms with Crippen LogP contribution in [0.5, 0.6) is 17.2 Å². The maximum atomic E-state index is 12.3. The Bertz CT molecular complexity index is 1130. The zero-order valence-corrected chi connectivity index (χ0v) is 19.5. The zero-order chi connectivity index (χ0) is 23.6. The number of para-hydroxylation sites is 1. The minimum absolute atomic E-state index is 0.0991. The summed E-state index contributed by atoms with van der Waals surface area (Å²) >= 11 is 3.40. The van der Waals surface area contributed by atoms with Gasteiger partial charge in [0.1, 0.15) is 18.1 Å². The Morgan fingerprint density at radius 2 is 1.85 bits per heavy atom. The number of rotatable bonds is 10. The van der Waals surface area contributed by atoms with Crippen molar-refractivity contribution >= 4 is 34.0 Å². The molecule has 1 heterocycles. The molecular weight excluding hydrogens is 496 g/mol. The van der Waals surface area contributed by atoms with Crippen LogP contribution in [0.25, 0.3) is 0 Å². The molecular formula is C23H21BrN2O7. The van der Waals surface area contributed by atoms with E-state index in [1.54, 1.807) is 24.3 Å². The minimum Gasteiger partial charge on any atom is -0.493 e. The highest BCUT2D eigenvalue weighted by Gasteiger charge is 2.13. The van der Waals surface area contributed by atoms with E-state index >= 15 is 0 Å². The summed E-state index contributed by atoms with van der Waals surface area (Å²) in [6, 6.07) is 15.7. The fraction of sp³-hybridized carbons (Fsp3) is 0.174. The summed E-state index contributed by atoms with van der Waals surface area (Å²) in [7, 11) is 2.74. The maximum absolute atomic E-state index is 12.3. The fourth-order valence-corrected chi connectivity index (χ4v) is 3.01. The number of nitrogens with one attached hydrogen (secondary N) is 1. The van der Waals surface area contributed by atoms with Gasteiger partial charge < -0.3 is 23.4 Å². The molecule has 172 valence electrons. The topological polar surface area (TPSA) is 109 Å². The van der Waals surface area contributed by atoms with Gasteiger partial charge >= 0.3 is 11.9 Å². The normalized spacial score (nSPS) is 10.6. The standard InChI is InChI=1S/C23H21BrN2O7/c1-29-20-10-15(18(24)11-21(20)32-14-22(27)30-2)12-25-26-23(28)19-9-8-17(33-19)13-31-16-6-4-3-5-7-16/h3-12H,13-14H2,1-2H3,(H,26,28)/b25-12-. The molecule has 2 aromatic carbocycles. The van der Waals surface area contributed by atoms with E-state index in [4.69, 9.17) is 18.6 Å². The van der Waals surface area contributed by atoms with Gasteiger partial charge in [-0.25, -0.2) is 10.2 Å². The van der Waals surface area contributed by atoms with Crippen LogP contribution < -0.4 is 19.6 Å². The molecule has 0 aliphatic carbocycles. The second-order valence-corrected chi connectivity index (χ2v) is 7.31. The molecule has 0 saturated carbocycles. The highest BCUT2D eigenvalue weighted by atomic mass is 79.9. The monoisotopic (exact) mass is 516 g/mol. The van der Waals surface area contributed by atoms with E-state index in [1.165, 1.54) is 20.4 Å². The smallest absolute Gasteiger partial charge is 0.343 e. The SMILES string of the molecule is COC(=O)COc1cc(Br)c(/C=N\NC(=O)c2ccc(COc3ccccc3)o2)cc1OC. The summed E-state index contributed by atoms with van der Waals surface area (Å²) in [6.45, 7) is -0.0674. The van der Waals surface area contributed by atoms with Gasteiger partial charge in [0.15, 0.2) is 23.9 Å². The average molecular weight is 517 g/mol. The van der Waals surface area contributed by atoms with Crippen molar-refractivity contribution in [1.82, 2.24) is 5.43 Å². The Balaban J connectivity index is 1.58. The molecule has 9 nitrogen and oxygen atoms in total. The second kappa shape index (κ2) is 11.7. The Kier molecular flexibility index (Phi) is 8.48. The van der Waals surface area contributed by atoms with E-state index in [0.29, 0.717) is 33.0 Å². The number of hydrogen-bond acceptors (Lipinski definition) is 8. The van der Waals surface area contributed by atoms with Crippen molar-refractivity contribution < 1.29 is 33.0 Å². The van der Waals surface area contributed by atoms with Crippen LogP contribution in [0.1, 0.15) is 21.9 Å². The highest BCUT2D eigenvalue weighted by Crippen LogP contribution is 2.33. The number of nitrogens with zero attached hydrogens (tertiary/aromatic N) is 1. The third-order valence-corrected chi connectivity index (χ3v) is 4.92. The molecule has 0 aliphatic rings. The number of furan rings is 1. The number of hydrazone groups is 1. The Labute approximate surface area is 198 Å². The van der Waals surface area contributed by atoms with Crippen LogP contribution in [0.3, 0.4) is 0 Å². The largest absolute Gasteiger partial charge is 0.493 e. The van der Waals surface area contributed by atoms with Gasteiger partial charge in [0.25, 0.3) is 0 Å². The van der Waals surface area contributed by atoms with Gasteiger partial charge in [0, 0.05) is 10.0 Å². The van der Waals surface area contributed by atoms with Crippen molar-refractivity contribution in [3.05, 3.63) is 76.2 Å². The molecule has 0 fully saturated rings. The van der Waals surface area contributed by atoms with E-state index < -0.39 is 11.9 Å². The third kappa shape index (κ3) is 6.84. The van der Waals surface area contributed by atoms with Crippen LogP contribution in [-0.2, 0) is 16.1 Å². The van der Waals surface area contributed by atoms with Crippen molar-refractivity contribution in [1.29, 1.82) is 0 Å². The van der Waals surface area contributed by atoms with E-state index in [2.05, 4.69) is 31.2 Å². The van der Waals surface area contributed by atoms with E-state index in [9.17, 15) is 9.59 Å². The number of amides is 1. The van der Waals surface area contributed by atoms with Gasteiger partial charge in [-0.05, 0) is 52.3 Å². The average Bonchev–Trinajstić information content (AvgIpc) is 3.32. The summed E-state index contributed by atoms with van der Waals surface area (Å²) in [5, 5.41) is 3.96. The molecule has 1 amide bonds. The highest BCUT2D eigenvalue weighted by molar-refractivity contribution is 9.10. The Hall–Kier alpha value is -3.79. The first kappa shape index (κ1) is 23.9. The number of ether oxygens (including phenoxy) is 4. The lowest BCUT2D eigenvalue weighted by molar-refractivity contribution is -0.142. The summed E-state index contributed by atoms with van der Waals surface area (Å²) < 4.78 is 27.0. The van der Waals surface area contributed by atoms with Gasteiger partial charge in [0.2, 0.25) is 0 Å². The number of hydrogen-bond donors (Lipinski definition) is 1. The van der Waals surface area contributed by atoms with Crippen LogP contribution in [0.2, 0.25) is 0 Å². The first-order valence-electron chi connectivity index (χ1n) is 9.67. The number of halogens is 1. The maximum Gasteiger partial charge on any atom is 0.343 e. The second-order valence-electron chi connectivity index (χ2n) is 6.46. The zero-order valence-electron chi connectivity index (χ0n) is 17.9. The molecule has 1 aromatic heterocycles. The molecule has 3 rings (SSSR count). The molecule has 0 saturated heterocycles. The molecule has 1 N–H and O–H groups in total. The minimum atomic E-state index is -0.519. The molecule has 0 atom stereocenters. The molecule has 0 aliphatic heterocycles. The third-order valence-electron chi connectivity index (χ3n) is 4.24. The van der Waals surface area contributed by atoms with Gasteiger partial charge in [-0.1, -0.05) is 18.2 Å². The van der Waals surface area contributed by atoms with E-state index in [-0.39, 0.29) is 19.0 Å². The molecule has 3 aromatic rings. The number of carbonyl (C=O) groups excluding carboxylic acids is 2. The quantitative estimate of drug-likeness (QED) is 0.247. The molecule has 0 spiro atoms.